The molecule has 1 rings (SSSR count). The molecule has 0 aliphatic carbocycles. The van der Waals surface area contributed by atoms with Gasteiger partial charge >= 0.3 is 0 Å². The molecule has 1 heterocycles. The van der Waals surface area contributed by atoms with E-state index in [0.29, 0.717) is 0 Å². The fourth-order valence-electron chi connectivity index (χ4n) is 1.28. The van der Waals surface area contributed by atoms with E-state index in [0.717, 1.165) is 0 Å². The molecule has 1 aliphatic rings. The number of hydrogen-bond acceptors (Lipinski definition) is 1. The smallest absolute Gasteiger partial charge is 0.0173 e. The van der Waals surface area contributed by atoms with E-state index in [1.165, 1.54) is 38.8 Å². The van der Waals surface area contributed by atoms with Crippen LogP contribution < -0.4 is 0 Å². The third-order valence-electron chi connectivity index (χ3n) is 1.91. The maximum Gasteiger partial charge on any atom is 0.0173 e. The van der Waals surface area contributed by atoms with Crippen molar-refractivity contribution in [1.29, 1.82) is 0 Å². The first-order valence-corrected chi connectivity index (χ1v) is 4.34. The van der Waals surface area contributed by atoms with Crippen molar-refractivity contribution in [1.82, 2.24) is 4.90 Å². The van der Waals surface area contributed by atoms with E-state index in [1.807, 2.05) is 0 Å². The lowest BCUT2D eigenvalue weighted by Crippen LogP contribution is -2.09. The van der Waals surface area contributed by atoms with Crippen LogP contribution in [0.1, 0.15) is 32.6 Å². The van der Waals surface area contributed by atoms with Gasteiger partial charge in [0.05, 0.1) is 0 Å². The molecule has 1 heteroatoms. The molecule has 0 bridgehead atoms. The summed E-state index contributed by atoms with van der Waals surface area (Å²) in [4.78, 5) is 2.41. The minimum Gasteiger partial charge on any atom is -0.378 e. The summed E-state index contributed by atoms with van der Waals surface area (Å²) >= 11 is 0. The Morgan fingerprint density at radius 2 is 2.00 bits per heavy atom. The van der Waals surface area contributed by atoms with Crippen molar-refractivity contribution >= 4 is 0 Å². The first-order valence-electron chi connectivity index (χ1n) is 4.34. The van der Waals surface area contributed by atoms with Crippen LogP contribution in [-0.2, 0) is 0 Å². The van der Waals surface area contributed by atoms with Crippen LogP contribution in [0.15, 0.2) is 12.3 Å². The average Bonchev–Trinajstić information content (AvgIpc) is 2.41. The van der Waals surface area contributed by atoms with Crippen molar-refractivity contribution in [2.24, 2.45) is 0 Å². The zero-order valence-electron chi connectivity index (χ0n) is 6.84. The highest BCUT2D eigenvalue weighted by Gasteiger charge is 2.05. The van der Waals surface area contributed by atoms with Crippen LogP contribution in [0.2, 0.25) is 0 Å². The molecule has 1 nitrogen and oxygen atoms in total. The van der Waals surface area contributed by atoms with Crippen LogP contribution in [0, 0.1) is 0 Å². The molecule has 10 heavy (non-hydrogen) atoms. The van der Waals surface area contributed by atoms with Crippen molar-refractivity contribution in [3.05, 3.63) is 12.3 Å². The van der Waals surface area contributed by atoms with E-state index >= 15 is 0 Å². The topological polar surface area (TPSA) is 3.24 Å². The number of unbranched alkanes of at least 4 members (excludes halogenated alkanes) is 1. The SMILES string of the molecule is CCCC=CN1CCCC1. The predicted molar refractivity (Wildman–Crippen MR) is 44.9 cm³/mol. The Labute approximate surface area is 63.7 Å². The Hall–Kier alpha value is -0.460. The molecule has 58 valence electrons. The largest absolute Gasteiger partial charge is 0.378 e. The van der Waals surface area contributed by atoms with Gasteiger partial charge in [-0.15, -0.1) is 0 Å². The fourth-order valence-corrected chi connectivity index (χ4v) is 1.28. The van der Waals surface area contributed by atoms with Gasteiger partial charge in [-0.3, -0.25) is 0 Å². The normalized spacial score (nSPS) is 19.1. The molecule has 1 fully saturated rings. The highest BCUT2D eigenvalue weighted by atomic mass is 15.1. The highest BCUT2D eigenvalue weighted by Crippen LogP contribution is 2.07. The third-order valence-corrected chi connectivity index (χ3v) is 1.91. The quantitative estimate of drug-likeness (QED) is 0.580. The fraction of sp³-hybridized carbons (Fsp3) is 0.778. The number of hydrogen-bond donors (Lipinski definition) is 0. The molecule has 0 radical (unpaired) electrons. The van der Waals surface area contributed by atoms with Gasteiger partial charge in [0.15, 0.2) is 0 Å². The number of nitrogens with zero attached hydrogens (tertiary/aromatic N) is 1. The molecule has 0 saturated carbocycles. The summed E-state index contributed by atoms with van der Waals surface area (Å²) in [5.41, 5.74) is 0. The van der Waals surface area contributed by atoms with E-state index < -0.39 is 0 Å². The summed E-state index contributed by atoms with van der Waals surface area (Å²) in [5.74, 6) is 0. The molecular formula is C9H17N. The van der Waals surface area contributed by atoms with Crippen LogP contribution >= 0.6 is 0 Å². The van der Waals surface area contributed by atoms with Gasteiger partial charge in [-0.2, -0.15) is 0 Å². The lowest BCUT2D eigenvalue weighted by Gasteiger charge is -2.09. The standard InChI is InChI=1S/C9H17N/c1-2-3-4-7-10-8-5-6-9-10/h4,7H,2-3,5-6,8-9H2,1H3. The van der Waals surface area contributed by atoms with Crippen LogP contribution in [0.25, 0.3) is 0 Å². The monoisotopic (exact) mass is 139 g/mol. The van der Waals surface area contributed by atoms with E-state index in [9.17, 15) is 0 Å². The van der Waals surface area contributed by atoms with Gasteiger partial charge in [-0.25, -0.2) is 0 Å². The van der Waals surface area contributed by atoms with Gasteiger partial charge in [0.2, 0.25) is 0 Å². The Bertz CT molecular complexity index is 101. The molecule has 0 atom stereocenters. The van der Waals surface area contributed by atoms with Crippen molar-refractivity contribution in [2.45, 2.75) is 32.6 Å². The Kier molecular flexibility index (Phi) is 3.34. The molecule has 0 aromatic rings. The highest BCUT2D eigenvalue weighted by molar-refractivity contribution is 4.84. The average molecular weight is 139 g/mol. The summed E-state index contributed by atoms with van der Waals surface area (Å²) in [6.07, 6.45) is 9.82. The number of likely N-dealkylation sites (tertiary alicyclic amines) is 1. The molecule has 0 amide bonds. The van der Waals surface area contributed by atoms with Crippen molar-refractivity contribution in [3.8, 4) is 0 Å². The van der Waals surface area contributed by atoms with Gasteiger partial charge in [0.25, 0.3) is 0 Å². The summed E-state index contributed by atoms with van der Waals surface area (Å²) in [5, 5.41) is 0. The van der Waals surface area contributed by atoms with E-state index in [4.69, 9.17) is 0 Å². The maximum absolute atomic E-state index is 2.41. The first kappa shape index (κ1) is 7.64. The summed E-state index contributed by atoms with van der Waals surface area (Å²) < 4.78 is 0. The van der Waals surface area contributed by atoms with E-state index in [1.54, 1.807) is 0 Å². The second-order valence-corrected chi connectivity index (χ2v) is 2.92. The lowest BCUT2D eigenvalue weighted by atomic mass is 10.3. The zero-order chi connectivity index (χ0) is 7.23. The molecule has 0 aromatic carbocycles. The molecule has 0 spiro atoms. The maximum atomic E-state index is 2.41. The Morgan fingerprint density at radius 1 is 1.30 bits per heavy atom. The van der Waals surface area contributed by atoms with Crippen LogP contribution in [0.3, 0.4) is 0 Å². The van der Waals surface area contributed by atoms with Crippen molar-refractivity contribution < 1.29 is 0 Å². The van der Waals surface area contributed by atoms with Gasteiger partial charge < -0.3 is 4.90 Å². The summed E-state index contributed by atoms with van der Waals surface area (Å²) in [6.45, 7) is 4.77. The van der Waals surface area contributed by atoms with E-state index in [-0.39, 0.29) is 0 Å². The molecule has 0 aromatic heterocycles. The summed E-state index contributed by atoms with van der Waals surface area (Å²) in [7, 11) is 0. The zero-order valence-corrected chi connectivity index (χ0v) is 6.84. The van der Waals surface area contributed by atoms with Crippen LogP contribution in [0.5, 0.6) is 0 Å². The van der Waals surface area contributed by atoms with Crippen molar-refractivity contribution in [2.75, 3.05) is 13.1 Å². The number of rotatable bonds is 3. The number of allylic oxidation sites excluding steroid dienone is 1. The molecule has 1 saturated heterocycles. The summed E-state index contributed by atoms with van der Waals surface area (Å²) in [6, 6.07) is 0. The second-order valence-electron chi connectivity index (χ2n) is 2.92. The first-order chi connectivity index (χ1) is 4.93. The van der Waals surface area contributed by atoms with Crippen LogP contribution in [-0.4, -0.2) is 18.0 Å². The molecule has 0 N–H and O–H groups in total. The third kappa shape index (κ3) is 2.42. The van der Waals surface area contributed by atoms with Gasteiger partial charge in [-0.05, 0) is 25.5 Å². The van der Waals surface area contributed by atoms with Crippen LogP contribution in [0.4, 0.5) is 0 Å². The van der Waals surface area contributed by atoms with Crippen molar-refractivity contribution in [3.63, 3.8) is 0 Å². The van der Waals surface area contributed by atoms with Gasteiger partial charge in [0.1, 0.15) is 0 Å². The lowest BCUT2D eigenvalue weighted by molar-refractivity contribution is 0.466. The minimum atomic E-state index is 1.23. The minimum absolute atomic E-state index is 1.23. The molecular weight excluding hydrogens is 122 g/mol. The van der Waals surface area contributed by atoms with Gasteiger partial charge in [0, 0.05) is 13.1 Å². The Balaban J connectivity index is 2.10. The molecule has 0 unspecified atom stereocenters. The van der Waals surface area contributed by atoms with E-state index in [2.05, 4.69) is 24.1 Å². The predicted octanol–water partition coefficient (Wildman–Crippen LogP) is 2.40. The molecule has 1 aliphatic heterocycles. The Morgan fingerprint density at radius 3 is 2.60 bits per heavy atom. The second kappa shape index (κ2) is 4.37. The van der Waals surface area contributed by atoms with Gasteiger partial charge in [-0.1, -0.05) is 19.4 Å².